The lowest BCUT2D eigenvalue weighted by Crippen LogP contribution is -2.73. The number of hydrogen-bond donors (Lipinski definition) is 0. The Labute approximate surface area is 245 Å². The van der Waals surface area contributed by atoms with E-state index in [9.17, 15) is 13.2 Å². The molecule has 6 rings (SSSR count). The van der Waals surface area contributed by atoms with Crippen molar-refractivity contribution in [2.24, 2.45) is 21.5 Å². The number of benzene rings is 1. The highest BCUT2D eigenvalue weighted by atomic mass is 19.3. The van der Waals surface area contributed by atoms with E-state index >= 15 is 0 Å². The third-order valence-corrected chi connectivity index (χ3v) is 8.60. The molecule has 3 fully saturated rings. The molecule has 4 aliphatic rings. The van der Waals surface area contributed by atoms with Crippen molar-refractivity contribution in [3.8, 4) is 5.75 Å². The zero-order valence-corrected chi connectivity index (χ0v) is 24.4. The van der Waals surface area contributed by atoms with Crippen molar-refractivity contribution in [3.63, 3.8) is 0 Å². The number of ether oxygens (including phenoxy) is 2. The molecule has 1 aromatic heterocycles. The molecule has 0 saturated carbocycles. The fraction of sp³-hybridized carbons (Fsp3) is 0.567. The molecular formula is C30H40F3N7O2. The molecule has 12 heteroatoms. The second-order valence-corrected chi connectivity index (χ2v) is 11.7. The first-order chi connectivity index (χ1) is 20.2. The van der Waals surface area contributed by atoms with Gasteiger partial charge < -0.3 is 19.3 Å². The van der Waals surface area contributed by atoms with Crippen LogP contribution in [0.3, 0.4) is 0 Å². The highest BCUT2D eigenvalue weighted by molar-refractivity contribution is 5.57. The van der Waals surface area contributed by atoms with Gasteiger partial charge in [-0.15, -0.1) is 0 Å². The number of anilines is 2. The Morgan fingerprint density at radius 3 is 2.45 bits per heavy atom. The van der Waals surface area contributed by atoms with Gasteiger partial charge >= 0.3 is 0 Å². The topological polar surface area (TPSA) is 69.0 Å². The van der Waals surface area contributed by atoms with Crippen LogP contribution in [-0.4, -0.2) is 107 Å². The van der Waals surface area contributed by atoms with E-state index in [2.05, 4.69) is 68.4 Å². The lowest BCUT2D eigenvalue weighted by molar-refractivity contribution is -0.178. The minimum absolute atomic E-state index is 0.154. The number of fused-ring (bicyclic) bond motifs is 1. The van der Waals surface area contributed by atoms with Crippen molar-refractivity contribution in [3.05, 3.63) is 47.4 Å². The summed E-state index contributed by atoms with van der Waals surface area (Å²) < 4.78 is 53.6. The number of rotatable bonds is 9. The Morgan fingerprint density at radius 2 is 1.83 bits per heavy atom. The molecular weight excluding hydrogens is 547 g/mol. The minimum Gasteiger partial charge on any atom is -0.493 e. The van der Waals surface area contributed by atoms with E-state index in [-0.39, 0.29) is 25.2 Å². The summed E-state index contributed by atoms with van der Waals surface area (Å²) >= 11 is 0. The van der Waals surface area contributed by atoms with Gasteiger partial charge in [-0.25, -0.2) is 18.2 Å². The highest BCUT2D eigenvalue weighted by Crippen LogP contribution is 2.44. The molecule has 0 aliphatic carbocycles. The number of likely N-dealkylation sites (tertiary alicyclic amines) is 1. The monoisotopic (exact) mass is 587 g/mol. The smallest absolute Gasteiger partial charge is 0.267 e. The van der Waals surface area contributed by atoms with Crippen LogP contribution in [0.4, 0.5) is 24.7 Å². The predicted molar refractivity (Wildman–Crippen MR) is 159 cm³/mol. The number of nitrogens with zero attached hydrogens (tertiary/aromatic N) is 7. The molecule has 9 nitrogen and oxygen atoms in total. The largest absolute Gasteiger partial charge is 0.493 e. The number of aryl methyl sites for hydroxylation is 1. The fourth-order valence-corrected chi connectivity index (χ4v) is 6.34. The van der Waals surface area contributed by atoms with Crippen LogP contribution < -0.4 is 14.5 Å². The molecule has 0 atom stereocenters. The molecule has 0 bridgehead atoms. The van der Waals surface area contributed by atoms with Gasteiger partial charge in [0.05, 0.1) is 45.7 Å². The highest BCUT2D eigenvalue weighted by Gasteiger charge is 2.53. The quantitative estimate of drug-likeness (QED) is 0.327. The third kappa shape index (κ3) is 6.40. The van der Waals surface area contributed by atoms with Gasteiger partial charge in [-0.05, 0) is 23.6 Å². The summed E-state index contributed by atoms with van der Waals surface area (Å²) in [5, 5.41) is 6.00. The van der Waals surface area contributed by atoms with Gasteiger partial charge in [-0.2, -0.15) is 10.2 Å². The second-order valence-electron chi connectivity index (χ2n) is 11.7. The molecule has 0 unspecified atom stereocenters. The summed E-state index contributed by atoms with van der Waals surface area (Å²) in [7, 11) is 1.53. The van der Waals surface area contributed by atoms with Crippen LogP contribution in [0.5, 0.6) is 5.75 Å². The number of alkyl halides is 2. The number of halogens is 3. The number of pyridine rings is 1. The summed E-state index contributed by atoms with van der Waals surface area (Å²) in [5.74, 6) is -2.66. The molecule has 2 aromatic rings. The van der Waals surface area contributed by atoms with Crippen molar-refractivity contribution in [1.82, 2.24) is 14.8 Å². The summed E-state index contributed by atoms with van der Waals surface area (Å²) in [6, 6.07) is 7.89. The van der Waals surface area contributed by atoms with Crippen molar-refractivity contribution >= 4 is 24.9 Å². The Kier molecular flexibility index (Phi) is 9.05. The average molecular weight is 588 g/mol. The zero-order chi connectivity index (χ0) is 29.9. The summed E-state index contributed by atoms with van der Waals surface area (Å²) in [4.78, 5) is 13.1. The maximum atomic E-state index is 14.9. The maximum absolute atomic E-state index is 14.9. The average Bonchev–Trinajstić information content (AvgIpc) is 3.06. The molecule has 5 heterocycles. The minimum atomic E-state index is -2.74. The molecule has 42 heavy (non-hydrogen) atoms. The first kappa shape index (κ1) is 30.2. The van der Waals surface area contributed by atoms with Gasteiger partial charge in [0.2, 0.25) is 0 Å². The van der Waals surface area contributed by atoms with Crippen molar-refractivity contribution in [2.75, 3.05) is 82.6 Å². The van der Waals surface area contributed by atoms with Crippen molar-refractivity contribution in [1.29, 1.82) is 0 Å². The van der Waals surface area contributed by atoms with E-state index in [1.165, 1.54) is 24.9 Å². The number of aromatic nitrogens is 1. The van der Waals surface area contributed by atoms with Crippen LogP contribution >= 0.6 is 0 Å². The number of hydrogen-bond acceptors (Lipinski definition) is 9. The van der Waals surface area contributed by atoms with Gasteiger partial charge in [0.1, 0.15) is 5.82 Å². The van der Waals surface area contributed by atoms with E-state index in [0.717, 1.165) is 50.5 Å². The molecule has 1 spiro atoms. The Hall–Kier alpha value is -3.22. The van der Waals surface area contributed by atoms with Gasteiger partial charge in [-0.1, -0.05) is 19.1 Å². The standard InChI is InChI=1S/C28H36F3N5O2.C2H4N2/c1-3-20-4-5-24-21(8-20)11-33(18-28(30,31)22-12-38-13-22)6-7-35(24)19-34-14-27(15-34)16-36(17-27)26-25(37-2)9-23(29)10-32-26;1-3-4-2/h4-5,8-10,22H,3,6-7,11-19H2,1-2H3;1-2H2. The molecule has 4 aliphatic heterocycles. The van der Waals surface area contributed by atoms with E-state index < -0.39 is 17.7 Å². The molecule has 3 saturated heterocycles. The van der Waals surface area contributed by atoms with Gasteiger partial charge in [0.15, 0.2) is 11.6 Å². The first-order valence-electron chi connectivity index (χ1n) is 14.3. The van der Waals surface area contributed by atoms with Gasteiger partial charge in [0, 0.05) is 76.4 Å². The Bertz CT molecular complexity index is 1260. The summed E-state index contributed by atoms with van der Waals surface area (Å²) in [5.41, 5.74) is 3.71. The van der Waals surface area contributed by atoms with Crippen LogP contribution in [0.15, 0.2) is 40.7 Å². The van der Waals surface area contributed by atoms with E-state index in [1.54, 1.807) is 0 Å². The second kappa shape index (κ2) is 12.6. The van der Waals surface area contributed by atoms with Crippen molar-refractivity contribution in [2.45, 2.75) is 25.8 Å². The van der Waals surface area contributed by atoms with Gasteiger partial charge in [0.25, 0.3) is 5.92 Å². The zero-order valence-electron chi connectivity index (χ0n) is 24.4. The van der Waals surface area contributed by atoms with Crippen LogP contribution in [0.1, 0.15) is 18.1 Å². The molecule has 228 valence electrons. The maximum Gasteiger partial charge on any atom is 0.267 e. The van der Waals surface area contributed by atoms with Gasteiger partial charge in [-0.3, -0.25) is 9.80 Å². The molecule has 1 aromatic carbocycles. The summed E-state index contributed by atoms with van der Waals surface area (Å²) in [6.45, 7) is 14.5. The van der Waals surface area contributed by atoms with Crippen LogP contribution in [0.2, 0.25) is 0 Å². The van der Waals surface area contributed by atoms with Crippen LogP contribution in [0, 0.1) is 17.2 Å². The Balaban J connectivity index is 0.000000830. The van der Waals surface area contributed by atoms with E-state index in [0.29, 0.717) is 31.2 Å². The lowest BCUT2D eigenvalue weighted by Gasteiger charge is -2.61. The Morgan fingerprint density at radius 1 is 1.10 bits per heavy atom. The SMILES string of the molecule is C=NN=C.CCc1ccc2c(c1)CN(CC(F)(F)C1COC1)CCN2CN1CC2(C1)CN(c1ncc(F)cc1OC)C2. The fourth-order valence-electron chi connectivity index (χ4n) is 6.34. The van der Waals surface area contributed by atoms with Crippen LogP contribution in [0.25, 0.3) is 0 Å². The van der Waals surface area contributed by atoms with E-state index in [4.69, 9.17) is 9.47 Å². The normalized spacial score (nSPS) is 20.3. The molecule has 0 amide bonds. The first-order valence-corrected chi connectivity index (χ1v) is 14.3. The lowest BCUT2D eigenvalue weighted by atomic mass is 9.73. The number of methoxy groups -OCH3 is 1. The van der Waals surface area contributed by atoms with E-state index in [1.807, 2.05) is 4.90 Å². The molecule has 0 radical (unpaired) electrons. The molecule has 0 N–H and O–H groups in total. The van der Waals surface area contributed by atoms with Crippen molar-refractivity contribution < 1.29 is 22.6 Å². The summed E-state index contributed by atoms with van der Waals surface area (Å²) in [6.07, 6.45) is 2.15. The third-order valence-electron chi connectivity index (χ3n) is 8.60. The van der Waals surface area contributed by atoms with Crippen LogP contribution in [-0.2, 0) is 17.7 Å². The predicted octanol–water partition coefficient (Wildman–Crippen LogP) is 3.78.